The highest BCUT2D eigenvalue weighted by Crippen LogP contribution is 2.24. The standard InChI is InChI=1S/C17H25NO/c1-19-17-6-3-10-18(11-9-17)13-14-7-8-15-4-2-5-16(15)12-14/h7-8,12,17H,2-6,9-11,13H2,1H3. The Balaban J connectivity index is 1.61. The Morgan fingerprint density at radius 2 is 2.00 bits per heavy atom. The lowest BCUT2D eigenvalue weighted by molar-refractivity contribution is 0.0895. The number of benzene rings is 1. The van der Waals surface area contributed by atoms with Crippen LogP contribution in [0.15, 0.2) is 18.2 Å². The van der Waals surface area contributed by atoms with Gasteiger partial charge in [0.2, 0.25) is 0 Å². The van der Waals surface area contributed by atoms with Crippen molar-refractivity contribution < 1.29 is 4.74 Å². The monoisotopic (exact) mass is 259 g/mol. The van der Waals surface area contributed by atoms with Crippen LogP contribution in [0.2, 0.25) is 0 Å². The van der Waals surface area contributed by atoms with Crippen LogP contribution in [0.3, 0.4) is 0 Å². The number of likely N-dealkylation sites (tertiary alicyclic amines) is 1. The topological polar surface area (TPSA) is 12.5 Å². The Morgan fingerprint density at radius 3 is 2.89 bits per heavy atom. The molecule has 0 amide bonds. The van der Waals surface area contributed by atoms with E-state index in [1.165, 1.54) is 57.2 Å². The second kappa shape index (κ2) is 6.06. The maximum atomic E-state index is 5.50. The third-order valence-electron chi connectivity index (χ3n) is 4.67. The van der Waals surface area contributed by atoms with E-state index in [-0.39, 0.29) is 0 Å². The summed E-state index contributed by atoms with van der Waals surface area (Å²) in [6, 6.07) is 7.14. The molecule has 3 rings (SSSR count). The third-order valence-corrected chi connectivity index (χ3v) is 4.67. The predicted molar refractivity (Wildman–Crippen MR) is 78.4 cm³/mol. The van der Waals surface area contributed by atoms with Gasteiger partial charge in [-0.15, -0.1) is 0 Å². The van der Waals surface area contributed by atoms with Gasteiger partial charge in [-0.05, 0) is 61.8 Å². The molecule has 1 aliphatic carbocycles. The van der Waals surface area contributed by atoms with E-state index in [2.05, 4.69) is 23.1 Å². The first-order chi connectivity index (χ1) is 9.35. The van der Waals surface area contributed by atoms with Crippen molar-refractivity contribution in [3.05, 3.63) is 34.9 Å². The van der Waals surface area contributed by atoms with Gasteiger partial charge >= 0.3 is 0 Å². The van der Waals surface area contributed by atoms with Crippen LogP contribution in [0.1, 0.15) is 42.4 Å². The van der Waals surface area contributed by atoms with Crippen LogP contribution in [0, 0.1) is 0 Å². The maximum Gasteiger partial charge on any atom is 0.0584 e. The fourth-order valence-electron chi connectivity index (χ4n) is 3.50. The zero-order valence-corrected chi connectivity index (χ0v) is 12.0. The lowest BCUT2D eigenvalue weighted by Crippen LogP contribution is -2.24. The van der Waals surface area contributed by atoms with Crippen LogP contribution >= 0.6 is 0 Å². The van der Waals surface area contributed by atoms with Gasteiger partial charge in [0, 0.05) is 20.2 Å². The molecule has 1 fully saturated rings. The average molecular weight is 259 g/mol. The number of nitrogens with zero attached hydrogens (tertiary/aromatic N) is 1. The van der Waals surface area contributed by atoms with Crippen LogP contribution in [0.25, 0.3) is 0 Å². The summed E-state index contributed by atoms with van der Waals surface area (Å²) < 4.78 is 5.50. The molecule has 0 aromatic heterocycles. The van der Waals surface area contributed by atoms with Gasteiger partial charge in [0.05, 0.1) is 6.10 Å². The molecule has 0 bridgehead atoms. The van der Waals surface area contributed by atoms with E-state index < -0.39 is 0 Å². The first kappa shape index (κ1) is 13.1. The predicted octanol–water partition coefficient (Wildman–Crippen LogP) is 3.18. The lowest BCUT2D eigenvalue weighted by atomic mass is 10.1. The van der Waals surface area contributed by atoms with Gasteiger partial charge in [0.15, 0.2) is 0 Å². The molecular formula is C17H25NO. The van der Waals surface area contributed by atoms with Crippen LogP contribution < -0.4 is 0 Å². The molecule has 104 valence electrons. The molecule has 0 saturated carbocycles. The second-order valence-corrected chi connectivity index (χ2v) is 6.02. The minimum atomic E-state index is 0.477. The molecule has 19 heavy (non-hydrogen) atoms. The van der Waals surface area contributed by atoms with Crippen molar-refractivity contribution in [3.63, 3.8) is 0 Å². The third kappa shape index (κ3) is 3.18. The molecule has 1 heterocycles. The molecule has 1 unspecified atom stereocenters. The number of hydrogen-bond donors (Lipinski definition) is 0. The van der Waals surface area contributed by atoms with Crippen molar-refractivity contribution in [2.24, 2.45) is 0 Å². The number of fused-ring (bicyclic) bond motifs is 1. The molecule has 2 heteroatoms. The summed E-state index contributed by atoms with van der Waals surface area (Å²) in [6.07, 6.45) is 8.06. The smallest absolute Gasteiger partial charge is 0.0584 e. The zero-order valence-electron chi connectivity index (χ0n) is 12.0. The highest BCUT2D eigenvalue weighted by atomic mass is 16.5. The van der Waals surface area contributed by atoms with Gasteiger partial charge in [-0.25, -0.2) is 0 Å². The Morgan fingerprint density at radius 1 is 1.11 bits per heavy atom. The van der Waals surface area contributed by atoms with Crippen molar-refractivity contribution in [2.75, 3.05) is 20.2 Å². The van der Waals surface area contributed by atoms with Gasteiger partial charge in [-0.3, -0.25) is 4.90 Å². The van der Waals surface area contributed by atoms with Crippen LogP contribution in [-0.2, 0) is 24.1 Å². The summed E-state index contributed by atoms with van der Waals surface area (Å²) in [7, 11) is 1.85. The number of methoxy groups -OCH3 is 1. The Hall–Kier alpha value is -0.860. The fourth-order valence-corrected chi connectivity index (χ4v) is 3.50. The van der Waals surface area contributed by atoms with Crippen LogP contribution in [0.4, 0.5) is 0 Å². The molecule has 1 aliphatic heterocycles. The molecule has 2 nitrogen and oxygen atoms in total. The summed E-state index contributed by atoms with van der Waals surface area (Å²) in [5.41, 5.74) is 4.68. The van der Waals surface area contributed by atoms with Gasteiger partial charge in [-0.2, -0.15) is 0 Å². The quantitative estimate of drug-likeness (QED) is 0.826. The van der Waals surface area contributed by atoms with E-state index in [4.69, 9.17) is 4.74 Å². The maximum absolute atomic E-state index is 5.50. The molecule has 1 aromatic carbocycles. The van der Waals surface area contributed by atoms with Crippen LogP contribution in [0.5, 0.6) is 0 Å². The van der Waals surface area contributed by atoms with Crippen LogP contribution in [-0.4, -0.2) is 31.2 Å². The highest BCUT2D eigenvalue weighted by Gasteiger charge is 2.17. The van der Waals surface area contributed by atoms with Gasteiger partial charge in [-0.1, -0.05) is 18.2 Å². The van der Waals surface area contributed by atoms with Crippen molar-refractivity contribution in [1.29, 1.82) is 0 Å². The molecular weight excluding hydrogens is 234 g/mol. The summed E-state index contributed by atoms with van der Waals surface area (Å²) in [5.74, 6) is 0. The molecule has 1 atom stereocenters. The number of hydrogen-bond acceptors (Lipinski definition) is 2. The van der Waals surface area contributed by atoms with Crippen molar-refractivity contribution in [3.8, 4) is 0 Å². The first-order valence-corrected chi connectivity index (χ1v) is 7.71. The van der Waals surface area contributed by atoms with Crippen molar-refractivity contribution in [2.45, 2.75) is 51.2 Å². The molecule has 0 spiro atoms. The summed E-state index contributed by atoms with van der Waals surface area (Å²) in [5, 5.41) is 0. The van der Waals surface area contributed by atoms with E-state index in [1.54, 1.807) is 11.1 Å². The van der Waals surface area contributed by atoms with Gasteiger partial charge in [0.1, 0.15) is 0 Å². The normalized spacial score (nSPS) is 24.2. The Labute approximate surface area is 116 Å². The lowest BCUT2D eigenvalue weighted by Gasteiger charge is -2.20. The summed E-state index contributed by atoms with van der Waals surface area (Å²) in [4.78, 5) is 2.59. The van der Waals surface area contributed by atoms with E-state index in [1.807, 2.05) is 7.11 Å². The summed E-state index contributed by atoms with van der Waals surface area (Å²) in [6.45, 7) is 3.51. The second-order valence-electron chi connectivity index (χ2n) is 6.02. The molecule has 2 aliphatic rings. The SMILES string of the molecule is COC1CCCN(Cc2ccc3c(c2)CCC3)CC1. The minimum Gasteiger partial charge on any atom is -0.381 e. The first-order valence-electron chi connectivity index (χ1n) is 7.71. The largest absolute Gasteiger partial charge is 0.381 e. The number of ether oxygens (including phenoxy) is 1. The van der Waals surface area contributed by atoms with Crippen molar-refractivity contribution in [1.82, 2.24) is 4.90 Å². The Bertz CT molecular complexity index is 429. The van der Waals surface area contributed by atoms with E-state index in [0.717, 1.165) is 6.54 Å². The molecule has 0 radical (unpaired) electrons. The zero-order chi connectivity index (χ0) is 13.1. The van der Waals surface area contributed by atoms with E-state index >= 15 is 0 Å². The number of aryl methyl sites for hydroxylation is 2. The number of rotatable bonds is 3. The molecule has 1 saturated heterocycles. The molecule has 1 aromatic rings. The molecule has 0 N–H and O–H groups in total. The minimum absolute atomic E-state index is 0.477. The van der Waals surface area contributed by atoms with E-state index in [9.17, 15) is 0 Å². The Kier molecular flexibility index (Phi) is 4.19. The highest BCUT2D eigenvalue weighted by molar-refractivity contribution is 5.35. The fraction of sp³-hybridized carbons (Fsp3) is 0.647. The van der Waals surface area contributed by atoms with E-state index in [0.29, 0.717) is 6.10 Å². The average Bonchev–Trinajstić information content (AvgIpc) is 2.77. The van der Waals surface area contributed by atoms with Crippen molar-refractivity contribution >= 4 is 0 Å². The summed E-state index contributed by atoms with van der Waals surface area (Å²) >= 11 is 0. The van der Waals surface area contributed by atoms with Gasteiger partial charge < -0.3 is 4.74 Å². The van der Waals surface area contributed by atoms with Gasteiger partial charge in [0.25, 0.3) is 0 Å².